The van der Waals surface area contributed by atoms with Crippen molar-refractivity contribution in [2.24, 2.45) is 11.7 Å². The maximum Gasteiger partial charge on any atom is 0.185 e. The molecular weight excluding hydrogens is 431 g/mol. The number of nitrogens with two attached hydrogens (primary N) is 1. The van der Waals surface area contributed by atoms with Crippen molar-refractivity contribution in [1.82, 2.24) is 9.97 Å². The smallest absolute Gasteiger partial charge is 0.185 e. The average molecular weight is 455 g/mol. The van der Waals surface area contributed by atoms with E-state index in [1.54, 1.807) is 12.4 Å². The van der Waals surface area contributed by atoms with Gasteiger partial charge in [0.25, 0.3) is 0 Å². The van der Waals surface area contributed by atoms with Crippen molar-refractivity contribution in [3.05, 3.63) is 83.1 Å². The van der Waals surface area contributed by atoms with E-state index in [-0.39, 0.29) is 30.0 Å². The number of aliphatic hydroxyl groups is 1. The summed E-state index contributed by atoms with van der Waals surface area (Å²) in [6, 6.07) is 6.82. The number of aliphatic hydroxyl groups excluding tert-OH is 1. The number of ketones is 1. The lowest BCUT2D eigenvalue weighted by molar-refractivity contribution is 0.0519. The van der Waals surface area contributed by atoms with E-state index in [4.69, 9.17) is 5.73 Å². The van der Waals surface area contributed by atoms with Crippen LogP contribution in [-0.4, -0.2) is 33.0 Å². The molecule has 1 saturated carbocycles. The molecule has 0 aliphatic heterocycles. The maximum atomic E-state index is 14.4. The van der Waals surface area contributed by atoms with Gasteiger partial charge in [0, 0.05) is 24.9 Å². The molecule has 5 nitrogen and oxygen atoms in total. The second-order valence-corrected chi connectivity index (χ2v) is 8.60. The minimum atomic E-state index is -0.967. The van der Waals surface area contributed by atoms with Gasteiger partial charge < -0.3 is 10.8 Å². The largest absolute Gasteiger partial charge is 0.391 e. The van der Waals surface area contributed by atoms with Gasteiger partial charge in [-0.25, -0.2) is 18.2 Å². The van der Waals surface area contributed by atoms with Gasteiger partial charge in [-0.15, -0.1) is 0 Å². The van der Waals surface area contributed by atoms with Crippen LogP contribution in [-0.2, 0) is 6.42 Å². The van der Waals surface area contributed by atoms with Crippen molar-refractivity contribution in [3.8, 4) is 11.3 Å². The highest BCUT2D eigenvalue weighted by molar-refractivity contribution is 5.96. The average Bonchev–Trinajstić information content (AvgIpc) is 2.78. The van der Waals surface area contributed by atoms with E-state index in [1.165, 1.54) is 12.1 Å². The van der Waals surface area contributed by atoms with Crippen LogP contribution in [0.4, 0.5) is 13.2 Å². The van der Waals surface area contributed by atoms with Crippen LogP contribution in [0.1, 0.15) is 47.3 Å². The van der Waals surface area contributed by atoms with Crippen molar-refractivity contribution in [3.63, 3.8) is 0 Å². The van der Waals surface area contributed by atoms with Crippen LogP contribution in [0.25, 0.3) is 11.3 Å². The molecule has 3 aromatic rings. The number of pyridine rings is 2. The highest BCUT2D eigenvalue weighted by Crippen LogP contribution is 2.37. The van der Waals surface area contributed by atoms with Crippen LogP contribution in [0.5, 0.6) is 0 Å². The van der Waals surface area contributed by atoms with Crippen molar-refractivity contribution >= 4 is 5.78 Å². The first-order valence-corrected chi connectivity index (χ1v) is 10.8. The molecule has 0 saturated heterocycles. The highest BCUT2D eigenvalue weighted by Gasteiger charge is 2.34. The van der Waals surface area contributed by atoms with Crippen LogP contribution in [0.2, 0.25) is 0 Å². The van der Waals surface area contributed by atoms with Gasteiger partial charge in [0.05, 0.1) is 11.7 Å². The van der Waals surface area contributed by atoms with E-state index >= 15 is 0 Å². The lowest BCUT2D eigenvalue weighted by Crippen LogP contribution is -2.44. The Morgan fingerprint density at radius 2 is 1.82 bits per heavy atom. The Bertz CT molecular complexity index is 1160. The van der Waals surface area contributed by atoms with E-state index in [2.05, 4.69) is 9.97 Å². The van der Waals surface area contributed by atoms with Gasteiger partial charge in [0.1, 0.15) is 28.8 Å². The molecule has 1 fully saturated rings. The fourth-order valence-electron chi connectivity index (χ4n) is 4.57. The predicted molar refractivity (Wildman–Crippen MR) is 117 cm³/mol. The molecule has 8 heteroatoms. The number of benzene rings is 1. The van der Waals surface area contributed by atoms with Crippen LogP contribution >= 0.6 is 0 Å². The molecule has 0 radical (unpaired) electrons. The lowest BCUT2D eigenvalue weighted by Gasteiger charge is -2.36. The van der Waals surface area contributed by atoms with Crippen molar-refractivity contribution in [1.29, 1.82) is 0 Å². The number of aromatic nitrogens is 2. The van der Waals surface area contributed by atoms with Gasteiger partial charge in [-0.3, -0.25) is 9.78 Å². The number of rotatable bonds is 5. The minimum Gasteiger partial charge on any atom is -0.391 e. The summed E-state index contributed by atoms with van der Waals surface area (Å²) in [4.78, 5) is 21.1. The molecule has 1 aliphatic rings. The zero-order valence-electron chi connectivity index (χ0n) is 18.0. The van der Waals surface area contributed by atoms with Crippen molar-refractivity contribution < 1.29 is 23.1 Å². The molecule has 0 bridgehead atoms. The van der Waals surface area contributed by atoms with E-state index in [0.29, 0.717) is 18.4 Å². The van der Waals surface area contributed by atoms with Gasteiger partial charge in [-0.1, -0.05) is 13.0 Å². The van der Waals surface area contributed by atoms with Crippen LogP contribution in [0, 0.1) is 23.4 Å². The molecule has 0 spiro atoms. The third kappa shape index (κ3) is 4.67. The zero-order valence-corrected chi connectivity index (χ0v) is 18.0. The Morgan fingerprint density at radius 1 is 1.09 bits per heavy atom. The van der Waals surface area contributed by atoms with Crippen molar-refractivity contribution in [2.75, 3.05) is 0 Å². The summed E-state index contributed by atoms with van der Waals surface area (Å²) in [5, 5.41) is 10.2. The first-order valence-electron chi connectivity index (χ1n) is 10.8. The molecule has 0 unspecified atom stereocenters. The van der Waals surface area contributed by atoms with Gasteiger partial charge in [0.15, 0.2) is 5.78 Å². The summed E-state index contributed by atoms with van der Waals surface area (Å²) in [6.45, 7) is 1.94. The highest BCUT2D eigenvalue weighted by atomic mass is 19.1. The van der Waals surface area contributed by atoms with Gasteiger partial charge >= 0.3 is 0 Å². The van der Waals surface area contributed by atoms with Crippen LogP contribution in [0.15, 0.2) is 48.8 Å². The SMILES string of the molecule is C[C@@H]1C[C@H](c2ccncc2CC(=O)c2ccc(F)c(-c3c(F)cccc3F)n2)C[C@H](N)[C@@H]1O. The molecule has 33 heavy (non-hydrogen) atoms. The third-order valence-electron chi connectivity index (χ3n) is 6.30. The number of hydrogen-bond acceptors (Lipinski definition) is 5. The summed E-state index contributed by atoms with van der Waals surface area (Å²) in [5.41, 5.74) is 6.43. The summed E-state index contributed by atoms with van der Waals surface area (Å²) in [7, 11) is 0. The molecule has 1 aliphatic carbocycles. The van der Waals surface area contributed by atoms with E-state index in [1.807, 2.05) is 13.0 Å². The van der Waals surface area contributed by atoms with E-state index in [0.717, 1.165) is 23.8 Å². The topological polar surface area (TPSA) is 89.1 Å². The lowest BCUT2D eigenvalue weighted by atomic mass is 9.74. The molecule has 2 heterocycles. The fourth-order valence-corrected chi connectivity index (χ4v) is 4.57. The molecule has 3 N–H and O–H groups in total. The number of nitrogens with zero attached hydrogens (tertiary/aromatic N) is 2. The Balaban J connectivity index is 1.63. The van der Waals surface area contributed by atoms with E-state index < -0.39 is 40.6 Å². The second-order valence-electron chi connectivity index (χ2n) is 8.60. The first-order chi connectivity index (χ1) is 15.8. The molecule has 4 atom stereocenters. The monoisotopic (exact) mass is 455 g/mol. The van der Waals surface area contributed by atoms with Crippen molar-refractivity contribution in [2.45, 2.75) is 44.2 Å². The summed E-state index contributed by atoms with van der Waals surface area (Å²) >= 11 is 0. The Kier molecular flexibility index (Phi) is 6.58. The number of hydrogen-bond donors (Lipinski definition) is 2. The Hall–Kier alpha value is -3.10. The Labute approximate surface area is 189 Å². The van der Waals surface area contributed by atoms with Crippen LogP contribution < -0.4 is 5.73 Å². The molecule has 0 amide bonds. The standard InChI is InChI=1S/C25H24F3N3O2/c1-13-9-14(10-20(29)25(13)33)16-7-8-30-12-15(16)11-22(32)21-6-5-19(28)24(31-21)23-17(26)3-2-4-18(23)27/h2-8,12-14,20,25,33H,9-11,29H2,1H3/t13-,14+,20+,25-/m1/s1. The van der Waals surface area contributed by atoms with Crippen LogP contribution in [0.3, 0.4) is 0 Å². The quantitative estimate of drug-likeness (QED) is 0.564. The molecule has 172 valence electrons. The van der Waals surface area contributed by atoms with E-state index in [9.17, 15) is 23.1 Å². The molecule has 1 aromatic carbocycles. The first kappa shape index (κ1) is 23.1. The minimum absolute atomic E-state index is 0.00690. The predicted octanol–water partition coefficient (Wildman–Crippen LogP) is 4.19. The summed E-state index contributed by atoms with van der Waals surface area (Å²) in [6.07, 6.45) is 3.88. The second kappa shape index (κ2) is 9.41. The number of carbonyl (C=O) groups excluding carboxylic acids is 1. The zero-order chi connectivity index (χ0) is 23.7. The molecule has 2 aromatic heterocycles. The summed E-state index contributed by atoms with van der Waals surface area (Å²) < 4.78 is 42.7. The fraction of sp³-hybridized carbons (Fsp3) is 0.320. The Morgan fingerprint density at radius 3 is 2.52 bits per heavy atom. The van der Waals surface area contributed by atoms with Gasteiger partial charge in [0.2, 0.25) is 0 Å². The number of carbonyl (C=O) groups is 1. The molecular formula is C25H24F3N3O2. The van der Waals surface area contributed by atoms with Gasteiger partial charge in [-0.2, -0.15) is 0 Å². The summed E-state index contributed by atoms with van der Waals surface area (Å²) in [5.74, 6) is -3.24. The maximum absolute atomic E-state index is 14.4. The normalized spacial score (nSPS) is 22.8. The van der Waals surface area contributed by atoms with Gasteiger partial charge in [-0.05, 0) is 66.1 Å². The number of halogens is 3. The number of Topliss-reactive ketones (excluding diaryl/α,β-unsaturated/α-hetero) is 1. The third-order valence-corrected chi connectivity index (χ3v) is 6.30. The molecule has 4 rings (SSSR count).